The monoisotopic (exact) mass is 287 g/mol. The lowest BCUT2D eigenvalue weighted by molar-refractivity contribution is -0.00818. The summed E-state index contributed by atoms with van der Waals surface area (Å²) in [7, 11) is 0. The number of rotatable bonds is 3. The molecule has 0 spiro atoms. The van der Waals surface area contributed by atoms with E-state index in [-0.39, 0.29) is 6.10 Å². The van der Waals surface area contributed by atoms with E-state index in [0.717, 1.165) is 10.9 Å². The van der Waals surface area contributed by atoms with E-state index in [2.05, 4.69) is 33.4 Å². The maximum Gasteiger partial charge on any atom is 0.117 e. The van der Waals surface area contributed by atoms with Gasteiger partial charge in [-0.3, -0.25) is 0 Å². The summed E-state index contributed by atoms with van der Waals surface area (Å²) in [5.74, 6) is 0. The fraction of sp³-hybridized carbons (Fsp3) is 0.500. The summed E-state index contributed by atoms with van der Waals surface area (Å²) >= 11 is 3.41. The van der Waals surface area contributed by atoms with E-state index in [1.165, 1.54) is 5.56 Å². The highest BCUT2D eigenvalue weighted by atomic mass is 79.9. The molecule has 1 aliphatic rings. The molecule has 0 aromatic heterocycles. The van der Waals surface area contributed by atoms with Gasteiger partial charge in [-0.05, 0) is 24.1 Å². The van der Waals surface area contributed by atoms with Crippen molar-refractivity contribution in [2.45, 2.75) is 18.6 Å². The Morgan fingerprint density at radius 2 is 2.12 bits per heavy atom. The van der Waals surface area contributed by atoms with Gasteiger partial charge in [0.15, 0.2) is 0 Å². The summed E-state index contributed by atoms with van der Waals surface area (Å²) in [6.07, 6.45) is 0.660. The predicted octanol–water partition coefficient (Wildman–Crippen LogP) is 2.32. The molecule has 88 valence electrons. The number of ether oxygens (including phenoxy) is 1. The number of benzene rings is 1. The van der Waals surface area contributed by atoms with Crippen LogP contribution in [0.4, 0.5) is 4.39 Å². The Labute approximate surface area is 103 Å². The van der Waals surface area contributed by atoms with Crippen molar-refractivity contribution in [1.29, 1.82) is 0 Å². The molecule has 1 aliphatic heterocycles. The summed E-state index contributed by atoms with van der Waals surface area (Å²) in [5, 5.41) is 3.31. The van der Waals surface area contributed by atoms with Gasteiger partial charge in [0.2, 0.25) is 0 Å². The van der Waals surface area contributed by atoms with E-state index in [0.29, 0.717) is 19.2 Å². The molecule has 1 N–H and O–H groups in total. The van der Waals surface area contributed by atoms with Crippen LogP contribution in [0.1, 0.15) is 5.56 Å². The van der Waals surface area contributed by atoms with E-state index in [1.807, 2.05) is 12.1 Å². The van der Waals surface area contributed by atoms with Gasteiger partial charge in [0.25, 0.3) is 0 Å². The summed E-state index contributed by atoms with van der Waals surface area (Å²) < 4.78 is 18.8. The van der Waals surface area contributed by atoms with E-state index in [9.17, 15) is 4.39 Å². The average Bonchev–Trinajstić information content (AvgIpc) is 2.33. The predicted molar refractivity (Wildman–Crippen MR) is 65.4 cm³/mol. The smallest absolute Gasteiger partial charge is 0.117 e. The quantitative estimate of drug-likeness (QED) is 0.921. The van der Waals surface area contributed by atoms with Gasteiger partial charge in [0.1, 0.15) is 6.67 Å². The molecular formula is C12H15BrFNO. The number of alkyl halides is 1. The average molecular weight is 288 g/mol. The number of hydrogen-bond donors (Lipinski definition) is 1. The molecule has 2 rings (SSSR count). The standard InChI is InChI=1S/C12H15BrFNO/c13-10-3-1-9(2-4-10)5-11-8-16-12(6-14)7-15-11/h1-4,11-12,15H,5-8H2/t11-,12-/m0/s1. The van der Waals surface area contributed by atoms with Crippen LogP contribution in [0.3, 0.4) is 0 Å². The fourth-order valence-electron chi connectivity index (χ4n) is 1.80. The van der Waals surface area contributed by atoms with Crippen LogP contribution in [0.2, 0.25) is 0 Å². The van der Waals surface area contributed by atoms with Crippen molar-refractivity contribution in [3.05, 3.63) is 34.3 Å². The molecule has 1 aromatic rings. The minimum Gasteiger partial charge on any atom is -0.373 e. The molecule has 4 heteroatoms. The van der Waals surface area contributed by atoms with Gasteiger partial charge in [-0.25, -0.2) is 4.39 Å². The van der Waals surface area contributed by atoms with Crippen LogP contribution in [0.15, 0.2) is 28.7 Å². The number of halogens is 2. The maximum absolute atomic E-state index is 12.3. The zero-order valence-corrected chi connectivity index (χ0v) is 10.5. The molecule has 0 amide bonds. The van der Waals surface area contributed by atoms with Crippen LogP contribution in [0.5, 0.6) is 0 Å². The zero-order chi connectivity index (χ0) is 11.4. The van der Waals surface area contributed by atoms with Crippen molar-refractivity contribution in [2.24, 2.45) is 0 Å². The van der Waals surface area contributed by atoms with Gasteiger partial charge in [-0.15, -0.1) is 0 Å². The molecule has 1 aromatic carbocycles. The van der Waals surface area contributed by atoms with Crippen LogP contribution in [-0.4, -0.2) is 32.0 Å². The zero-order valence-electron chi connectivity index (χ0n) is 8.96. The molecule has 0 saturated carbocycles. The molecule has 0 unspecified atom stereocenters. The van der Waals surface area contributed by atoms with Crippen molar-refractivity contribution in [2.75, 3.05) is 19.8 Å². The Hall–Kier alpha value is -0.450. The van der Waals surface area contributed by atoms with Crippen molar-refractivity contribution in [3.63, 3.8) is 0 Å². The van der Waals surface area contributed by atoms with Gasteiger partial charge in [-0.2, -0.15) is 0 Å². The van der Waals surface area contributed by atoms with Crippen LogP contribution in [0, 0.1) is 0 Å². The van der Waals surface area contributed by atoms with E-state index >= 15 is 0 Å². The Morgan fingerprint density at radius 1 is 1.38 bits per heavy atom. The van der Waals surface area contributed by atoms with E-state index < -0.39 is 6.67 Å². The number of nitrogens with one attached hydrogen (secondary N) is 1. The first-order valence-electron chi connectivity index (χ1n) is 5.43. The first-order valence-corrected chi connectivity index (χ1v) is 6.22. The fourth-order valence-corrected chi connectivity index (χ4v) is 2.07. The molecule has 2 nitrogen and oxygen atoms in total. The second-order valence-corrected chi connectivity index (χ2v) is 4.96. The topological polar surface area (TPSA) is 21.3 Å². The molecule has 16 heavy (non-hydrogen) atoms. The summed E-state index contributed by atoms with van der Waals surface area (Å²) in [6.45, 7) is 0.792. The van der Waals surface area contributed by atoms with Crippen molar-refractivity contribution in [1.82, 2.24) is 5.32 Å². The lowest BCUT2D eigenvalue weighted by atomic mass is 10.1. The highest BCUT2D eigenvalue weighted by molar-refractivity contribution is 9.10. The van der Waals surface area contributed by atoms with Gasteiger partial charge in [0.05, 0.1) is 12.7 Å². The largest absolute Gasteiger partial charge is 0.373 e. The van der Waals surface area contributed by atoms with Gasteiger partial charge in [-0.1, -0.05) is 28.1 Å². The third kappa shape index (κ3) is 3.27. The lowest BCUT2D eigenvalue weighted by Crippen LogP contribution is -2.48. The molecule has 0 bridgehead atoms. The van der Waals surface area contributed by atoms with Crippen LogP contribution < -0.4 is 5.32 Å². The Morgan fingerprint density at radius 3 is 2.69 bits per heavy atom. The lowest BCUT2D eigenvalue weighted by Gasteiger charge is -2.29. The first kappa shape index (κ1) is 12.0. The van der Waals surface area contributed by atoms with Crippen molar-refractivity contribution >= 4 is 15.9 Å². The molecule has 0 radical (unpaired) electrons. The summed E-state index contributed by atoms with van der Waals surface area (Å²) in [6, 6.07) is 8.54. The Kier molecular flexibility index (Phi) is 4.32. The number of morpholine rings is 1. The molecular weight excluding hydrogens is 273 g/mol. The third-order valence-electron chi connectivity index (χ3n) is 2.73. The number of hydrogen-bond acceptors (Lipinski definition) is 2. The molecule has 0 aliphatic carbocycles. The Bertz CT molecular complexity index is 322. The normalized spacial score (nSPS) is 25.6. The van der Waals surface area contributed by atoms with E-state index in [1.54, 1.807) is 0 Å². The molecule has 1 saturated heterocycles. The second kappa shape index (κ2) is 5.75. The first-order chi connectivity index (χ1) is 7.78. The SMILES string of the molecule is FC[C@H]1CN[C@@H](Cc2ccc(Br)cc2)CO1. The van der Waals surface area contributed by atoms with E-state index in [4.69, 9.17) is 4.74 Å². The van der Waals surface area contributed by atoms with Gasteiger partial charge in [0, 0.05) is 17.1 Å². The Balaban J connectivity index is 1.84. The summed E-state index contributed by atoms with van der Waals surface area (Å²) in [4.78, 5) is 0. The van der Waals surface area contributed by atoms with Gasteiger partial charge >= 0.3 is 0 Å². The summed E-state index contributed by atoms with van der Waals surface area (Å²) in [5.41, 5.74) is 1.27. The highest BCUT2D eigenvalue weighted by Crippen LogP contribution is 2.13. The molecule has 1 fully saturated rings. The van der Waals surface area contributed by atoms with Crippen LogP contribution >= 0.6 is 15.9 Å². The third-order valence-corrected chi connectivity index (χ3v) is 3.26. The maximum atomic E-state index is 12.3. The minimum atomic E-state index is -0.405. The van der Waals surface area contributed by atoms with Crippen LogP contribution in [0.25, 0.3) is 0 Å². The van der Waals surface area contributed by atoms with Crippen molar-refractivity contribution < 1.29 is 9.13 Å². The molecule has 2 atom stereocenters. The van der Waals surface area contributed by atoms with Crippen molar-refractivity contribution in [3.8, 4) is 0 Å². The highest BCUT2D eigenvalue weighted by Gasteiger charge is 2.20. The van der Waals surface area contributed by atoms with Gasteiger partial charge < -0.3 is 10.1 Å². The van der Waals surface area contributed by atoms with Crippen LogP contribution in [-0.2, 0) is 11.2 Å². The molecule has 1 heterocycles. The minimum absolute atomic E-state index is 0.263. The second-order valence-electron chi connectivity index (χ2n) is 4.05.